The minimum Gasteiger partial charge on any atom is -0.512 e. The molecule has 1 N–H and O–H groups in total. The SMILES string of the molecule is CCOC(=O)C1=C(O)CCCC1C1=CC(=O)c2ccccc2C1=O. The zero-order valence-electron chi connectivity index (χ0n) is 13.4. The van der Waals surface area contributed by atoms with E-state index in [0.717, 1.165) is 0 Å². The van der Waals surface area contributed by atoms with E-state index in [1.807, 2.05) is 0 Å². The van der Waals surface area contributed by atoms with Gasteiger partial charge in [-0.05, 0) is 25.8 Å². The van der Waals surface area contributed by atoms with Crippen molar-refractivity contribution in [3.63, 3.8) is 0 Å². The van der Waals surface area contributed by atoms with Crippen LogP contribution < -0.4 is 0 Å². The number of carbonyl (C=O) groups excluding carboxylic acids is 3. The van der Waals surface area contributed by atoms with E-state index in [1.165, 1.54) is 6.08 Å². The van der Waals surface area contributed by atoms with E-state index in [-0.39, 0.29) is 35.1 Å². The molecule has 1 atom stereocenters. The lowest BCUT2D eigenvalue weighted by Crippen LogP contribution is -2.29. The molecule has 0 aromatic heterocycles. The lowest BCUT2D eigenvalue weighted by atomic mass is 9.75. The lowest BCUT2D eigenvalue weighted by molar-refractivity contribution is -0.139. The van der Waals surface area contributed by atoms with Gasteiger partial charge in [0.1, 0.15) is 5.76 Å². The van der Waals surface area contributed by atoms with Crippen LogP contribution in [0.1, 0.15) is 46.9 Å². The molecule has 0 saturated heterocycles. The van der Waals surface area contributed by atoms with Gasteiger partial charge >= 0.3 is 5.97 Å². The second-order valence-corrected chi connectivity index (χ2v) is 5.86. The number of aliphatic hydroxyl groups is 1. The van der Waals surface area contributed by atoms with Crippen molar-refractivity contribution in [1.29, 1.82) is 0 Å². The molecule has 2 aliphatic carbocycles. The normalized spacial score (nSPS) is 20.5. The Morgan fingerprint density at radius 1 is 1.25 bits per heavy atom. The zero-order chi connectivity index (χ0) is 17.3. The summed E-state index contributed by atoms with van der Waals surface area (Å²) >= 11 is 0. The number of allylic oxidation sites excluding steroid dienone is 3. The van der Waals surface area contributed by atoms with E-state index in [1.54, 1.807) is 31.2 Å². The van der Waals surface area contributed by atoms with Crippen LogP contribution in [-0.4, -0.2) is 29.2 Å². The summed E-state index contributed by atoms with van der Waals surface area (Å²) in [5.74, 6) is -1.81. The molecule has 3 rings (SSSR count). The number of fused-ring (bicyclic) bond motifs is 1. The summed E-state index contributed by atoms with van der Waals surface area (Å²) in [6.07, 6.45) is 2.83. The van der Waals surface area contributed by atoms with Gasteiger partial charge in [0.05, 0.1) is 12.2 Å². The summed E-state index contributed by atoms with van der Waals surface area (Å²) in [4.78, 5) is 37.4. The van der Waals surface area contributed by atoms with Gasteiger partial charge in [-0.1, -0.05) is 24.3 Å². The third kappa shape index (κ3) is 2.66. The first-order valence-electron chi connectivity index (χ1n) is 8.03. The summed E-state index contributed by atoms with van der Waals surface area (Å²) in [5.41, 5.74) is 1.07. The first-order chi connectivity index (χ1) is 11.5. The minimum atomic E-state index is -0.625. The van der Waals surface area contributed by atoms with Crippen LogP contribution in [0.2, 0.25) is 0 Å². The number of aliphatic hydroxyl groups excluding tert-OH is 1. The molecule has 24 heavy (non-hydrogen) atoms. The number of ether oxygens (including phenoxy) is 1. The van der Waals surface area contributed by atoms with Gasteiger partial charge in [-0.3, -0.25) is 9.59 Å². The number of hydrogen-bond donors (Lipinski definition) is 1. The maximum atomic E-state index is 12.8. The summed E-state index contributed by atoms with van der Waals surface area (Å²) in [7, 11) is 0. The van der Waals surface area contributed by atoms with Crippen LogP contribution in [0.4, 0.5) is 0 Å². The van der Waals surface area contributed by atoms with Crippen molar-refractivity contribution in [2.24, 2.45) is 5.92 Å². The maximum Gasteiger partial charge on any atom is 0.338 e. The molecule has 0 radical (unpaired) electrons. The largest absolute Gasteiger partial charge is 0.512 e. The standard InChI is InChI=1S/C19H18O5/c1-2-24-19(23)17-12(8-5-9-15(17)20)14-10-16(21)11-6-3-4-7-13(11)18(14)22/h3-4,6-7,10,12,20H,2,5,8-9H2,1H3. The molecule has 0 heterocycles. The Morgan fingerprint density at radius 3 is 2.67 bits per heavy atom. The van der Waals surface area contributed by atoms with Crippen molar-refractivity contribution in [2.45, 2.75) is 26.2 Å². The van der Waals surface area contributed by atoms with E-state index < -0.39 is 11.9 Å². The molecule has 2 aliphatic rings. The van der Waals surface area contributed by atoms with Gasteiger partial charge in [0.2, 0.25) is 0 Å². The van der Waals surface area contributed by atoms with E-state index >= 15 is 0 Å². The quantitative estimate of drug-likeness (QED) is 0.863. The van der Waals surface area contributed by atoms with Crippen molar-refractivity contribution in [1.82, 2.24) is 0 Å². The second-order valence-electron chi connectivity index (χ2n) is 5.86. The fourth-order valence-electron chi connectivity index (χ4n) is 3.33. The number of hydrogen-bond acceptors (Lipinski definition) is 5. The number of rotatable bonds is 3. The summed E-state index contributed by atoms with van der Waals surface area (Å²) in [6.45, 7) is 1.86. The Morgan fingerprint density at radius 2 is 1.96 bits per heavy atom. The van der Waals surface area contributed by atoms with Crippen LogP contribution >= 0.6 is 0 Å². The molecule has 5 heteroatoms. The van der Waals surface area contributed by atoms with Crippen LogP contribution in [0, 0.1) is 5.92 Å². The molecule has 1 unspecified atom stereocenters. The molecular weight excluding hydrogens is 308 g/mol. The van der Waals surface area contributed by atoms with E-state index in [4.69, 9.17) is 4.74 Å². The Bertz CT molecular complexity index is 785. The second kappa shape index (κ2) is 6.43. The van der Waals surface area contributed by atoms with E-state index in [2.05, 4.69) is 0 Å². The highest BCUT2D eigenvalue weighted by molar-refractivity contribution is 6.25. The van der Waals surface area contributed by atoms with Crippen molar-refractivity contribution in [2.75, 3.05) is 6.61 Å². The molecule has 0 spiro atoms. The number of ketones is 2. The van der Waals surface area contributed by atoms with Crippen LogP contribution in [0.3, 0.4) is 0 Å². The first kappa shape index (κ1) is 16.2. The smallest absolute Gasteiger partial charge is 0.338 e. The minimum absolute atomic E-state index is 0.0512. The van der Waals surface area contributed by atoms with Gasteiger partial charge in [0.15, 0.2) is 11.6 Å². The highest BCUT2D eigenvalue weighted by atomic mass is 16.5. The maximum absolute atomic E-state index is 12.8. The van der Waals surface area contributed by atoms with Gasteiger partial charge in [-0.25, -0.2) is 4.79 Å². The molecule has 0 amide bonds. The summed E-state index contributed by atoms with van der Waals surface area (Å²) < 4.78 is 5.02. The Balaban J connectivity index is 2.04. The summed E-state index contributed by atoms with van der Waals surface area (Å²) in [5, 5.41) is 10.2. The molecule has 1 aromatic rings. The van der Waals surface area contributed by atoms with Gasteiger partial charge in [0, 0.05) is 29.0 Å². The number of esters is 1. The van der Waals surface area contributed by atoms with Gasteiger partial charge in [-0.2, -0.15) is 0 Å². The van der Waals surface area contributed by atoms with Crippen molar-refractivity contribution >= 4 is 17.5 Å². The van der Waals surface area contributed by atoms with E-state index in [9.17, 15) is 19.5 Å². The van der Waals surface area contributed by atoms with Crippen LogP contribution in [0.15, 0.2) is 47.2 Å². The van der Waals surface area contributed by atoms with Crippen LogP contribution in [0.5, 0.6) is 0 Å². The molecule has 0 aliphatic heterocycles. The van der Waals surface area contributed by atoms with Crippen LogP contribution in [-0.2, 0) is 9.53 Å². The molecule has 0 saturated carbocycles. The third-order valence-electron chi connectivity index (χ3n) is 4.42. The monoisotopic (exact) mass is 326 g/mol. The fraction of sp³-hybridized carbons (Fsp3) is 0.316. The molecular formula is C19H18O5. The fourth-order valence-corrected chi connectivity index (χ4v) is 3.33. The molecule has 5 nitrogen and oxygen atoms in total. The average molecular weight is 326 g/mol. The van der Waals surface area contributed by atoms with Gasteiger partial charge in [-0.15, -0.1) is 0 Å². The number of benzene rings is 1. The predicted octanol–water partition coefficient (Wildman–Crippen LogP) is 3.17. The molecule has 0 fully saturated rings. The highest BCUT2D eigenvalue weighted by Gasteiger charge is 2.37. The Kier molecular flexibility index (Phi) is 4.34. The lowest BCUT2D eigenvalue weighted by Gasteiger charge is -2.28. The first-order valence-corrected chi connectivity index (χ1v) is 8.03. The Hall–Kier alpha value is -2.69. The molecule has 124 valence electrons. The molecule has 1 aromatic carbocycles. The topological polar surface area (TPSA) is 80.7 Å². The van der Waals surface area contributed by atoms with Crippen molar-refractivity contribution in [3.8, 4) is 0 Å². The third-order valence-corrected chi connectivity index (χ3v) is 4.42. The van der Waals surface area contributed by atoms with Crippen molar-refractivity contribution in [3.05, 3.63) is 58.4 Å². The van der Waals surface area contributed by atoms with E-state index in [0.29, 0.717) is 30.4 Å². The van der Waals surface area contributed by atoms with Gasteiger partial charge in [0.25, 0.3) is 0 Å². The predicted molar refractivity (Wildman–Crippen MR) is 86.8 cm³/mol. The van der Waals surface area contributed by atoms with Gasteiger partial charge < -0.3 is 9.84 Å². The Labute approximate surface area is 139 Å². The molecule has 0 bridgehead atoms. The average Bonchev–Trinajstić information content (AvgIpc) is 2.58. The van der Waals surface area contributed by atoms with Crippen molar-refractivity contribution < 1.29 is 24.2 Å². The summed E-state index contributed by atoms with van der Waals surface area (Å²) in [6, 6.07) is 6.63. The highest BCUT2D eigenvalue weighted by Crippen LogP contribution is 2.38. The zero-order valence-corrected chi connectivity index (χ0v) is 13.4. The number of Topliss-reactive ketones (excluding diaryl/α,β-unsaturated/α-hetero) is 1. The number of carbonyl (C=O) groups is 3. The van der Waals surface area contributed by atoms with Crippen LogP contribution in [0.25, 0.3) is 0 Å².